The number of nitrogens with zero attached hydrogens (tertiary/aromatic N) is 1. The van der Waals surface area contributed by atoms with Gasteiger partial charge in [0.2, 0.25) is 0 Å². The van der Waals surface area contributed by atoms with Gasteiger partial charge in [-0.05, 0) is 53.9 Å². The van der Waals surface area contributed by atoms with Crippen LogP contribution in [0.15, 0.2) is 30.3 Å². The lowest BCUT2D eigenvalue weighted by Gasteiger charge is -2.33. The molecule has 3 heterocycles. The smallest absolute Gasteiger partial charge is 0.417 e. The first kappa shape index (κ1) is 18.8. The number of hydrogen-bond donors (Lipinski definition) is 1. The summed E-state index contributed by atoms with van der Waals surface area (Å²) in [4.78, 5) is 2.42. The van der Waals surface area contributed by atoms with Crippen molar-refractivity contribution in [3.8, 4) is 16.9 Å². The van der Waals surface area contributed by atoms with Crippen LogP contribution >= 0.6 is 0 Å². The maximum atomic E-state index is 13.8. The van der Waals surface area contributed by atoms with E-state index < -0.39 is 11.7 Å². The average molecular weight is 404 g/mol. The molecular formula is C22H23F3N2O2. The van der Waals surface area contributed by atoms with E-state index in [1.54, 1.807) is 6.07 Å². The molecule has 2 aromatic carbocycles. The molecule has 3 aliphatic heterocycles. The molecule has 2 unspecified atom stereocenters. The third-order valence-electron chi connectivity index (χ3n) is 6.33. The molecule has 0 radical (unpaired) electrons. The van der Waals surface area contributed by atoms with E-state index in [1.807, 2.05) is 12.1 Å². The number of methoxy groups -OCH3 is 1. The van der Waals surface area contributed by atoms with Crippen LogP contribution in [0.3, 0.4) is 0 Å². The van der Waals surface area contributed by atoms with Crippen molar-refractivity contribution in [2.45, 2.75) is 31.2 Å². The maximum absolute atomic E-state index is 13.8. The highest BCUT2D eigenvalue weighted by molar-refractivity contribution is 5.78. The van der Waals surface area contributed by atoms with E-state index >= 15 is 0 Å². The summed E-state index contributed by atoms with van der Waals surface area (Å²) in [5, 5.41) is 3.45. The van der Waals surface area contributed by atoms with Gasteiger partial charge in [0, 0.05) is 36.3 Å². The molecule has 0 aliphatic carbocycles. The fourth-order valence-corrected chi connectivity index (χ4v) is 5.08. The predicted octanol–water partition coefficient (Wildman–Crippen LogP) is 4.18. The number of nitrogens with one attached hydrogen (secondary N) is 1. The Hall–Kier alpha value is -2.25. The lowest BCUT2D eigenvalue weighted by atomic mass is 9.87. The Kier molecular flexibility index (Phi) is 4.47. The molecule has 1 N–H and O–H groups in total. The molecule has 0 bridgehead atoms. The van der Waals surface area contributed by atoms with Crippen LogP contribution in [-0.4, -0.2) is 39.4 Å². The van der Waals surface area contributed by atoms with Crippen LogP contribution in [0.25, 0.3) is 11.1 Å². The van der Waals surface area contributed by atoms with Crippen molar-refractivity contribution in [3.05, 3.63) is 47.0 Å². The molecule has 2 atom stereocenters. The van der Waals surface area contributed by atoms with Crippen molar-refractivity contribution in [2.75, 3.05) is 38.3 Å². The minimum atomic E-state index is -4.46. The van der Waals surface area contributed by atoms with Crippen molar-refractivity contribution in [2.24, 2.45) is 0 Å². The molecule has 0 aromatic heterocycles. The SMILES string of the molecule is COc1ccc(-c2cc3c4c(c2)C2CNCCC2N4CCOC3)c(C(F)(F)F)c1. The normalized spacial score (nSPS) is 23.4. The van der Waals surface area contributed by atoms with E-state index in [9.17, 15) is 13.2 Å². The standard InChI is InChI=1S/C22H23F3N2O2/c1-28-15-2-3-16(19(10-15)22(23,24)25)13-8-14-12-29-7-6-27-20-4-5-26-11-18(20)17(9-13)21(14)27/h2-3,8-10,18,20,26H,4-7,11-12H2,1H3. The number of alkyl halides is 3. The van der Waals surface area contributed by atoms with Crippen molar-refractivity contribution in [3.63, 3.8) is 0 Å². The number of anilines is 1. The van der Waals surface area contributed by atoms with Gasteiger partial charge in [-0.3, -0.25) is 0 Å². The third kappa shape index (κ3) is 3.07. The molecule has 3 aliphatic rings. The zero-order valence-corrected chi connectivity index (χ0v) is 16.2. The molecule has 7 heteroatoms. The summed E-state index contributed by atoms with van der Waals surface area (Å²) in [5.41, 5.74) is 3.39. The highest BCUT2D eigenvalue weighted by atomic mass is 19.4. The fraction of sp³-hybridized carbons (Fsp3) is 0.455. The van der Waals surface area contributed by atoms with Gasteiger partial charge in [-0.15, -0.1) is 0 Å². The molecule has 5 rings (SSSR count). The molecule has 0 saturated carbocycles. The zero-order valence-electron chi connectivity index (χ0n) is 16.2. The maximum Gasteiger partial charge on any atom is 0.417 e. The Morgan fingerprint density at radius 3 is 2.86 bits per heavy atom. The number of rotatable bonds is 2. The quantitative estimate of drug-likeness (QED) is 0.815. The number of benzene rings is 2. The first-order chi connectivity index (χ1) is 14.0. The third-order valence-corrected chi connectivity index (χ3v) is 6.33. The monoisotopic (exact) mass is 404 g/mol. The van der Waals surface area contributed by atoms with Crippen molar-refractivity contribution in [1.29, 1.82) is 0 Å². The fourth-order valence-electron chi connectivity index (χ4n) is 5.08. The Bertz CT molecular complexity index is 944. The van der Waals surface area contributed by atoms with E-state index in [-0.39, 0.29) is 11.3 Å². The number of halogens is 3. The number of fused-ring (bicyclic) bond motifs is 3. The van der Waals surface area contributed by atoms with Gasteiger partial charge in [0.15, 0.2) is 0 Å². The minimum absolute atomic E-state index is 0.181. The summed E-state index contributed by atoms with van der Waals surface area (Å²) < 4.78 is 52.3. The summed E-state index contributed by atoms with van der Waals surface area (Å²) in [6, 6.07) is 8.40. The Labute approximate surface area is 167 Å². The van der Waals surface area contributed by atoms with Crippen LogP contribution < -0.4 is 15.0 Å². The number of hydrogen-bond acceptors (Lipinski definition) is 4. The molecule has 2 aromatic rings. The molecular weight excluding hydrogens is 381 g/mol. The summed E-state index contributed by atoms with van der Waals surface area (Å²) in [5.74, 6) is 0.495. The van der Waals surface area contributed by atoms with Crippen LogP contribution in [0.1, 0.15) is 29.0 Å². The number of ether oxygens (including phenoxy) is 2. The van der Waals surface area contributed by atoms with Gasteiger partial charge in [-0.2, -0.15) is 13.2 Å². The highest BCUT2D eigenvalue weighted by Crippen LogP contribution is 2.49. The minimum Gasteiger partial charge on any atom is -0.497 e. The van der Waals surface area contributed by atoms with Gasteiger partial charge in [0.1, 0.15) is 5.75 Å². The molecule has 1 fully saturated rings. The summed E-state index contributed by atoms with van der Waals surface area (Å²) in [6.07, 6.45) is -3.43. The van der Waals surface area contributed by atoms with Gasteiger partial charge in [0.05, 0.1) is 25.9 Å². The second kappa shape index (κ2) is 6.92. The molecule has 29 heavy (non-hydrogen) atoms. The van der Waals surface area contributed by atoms with Crippen LogP contribution in [0.5, 0.6) is 5.75 Å². The molecule has 4 nitrogen and oxygen atoms in total. The first-order valence-corrected chi connectivity index (χ1v) is 9.95. The summed E-state index contributed by atoms with van der Waals surface area (Å²) >= 11 is 0. The van der Waals surface area contributed by atoms with Gasteiger partial charge in [-0.1, -0.05) is 6.07 Å². The van der Waals surface area contributed by atoms with E-state index in [0.717, 1.165) is 43.2 Å². The van der Waals surface area contributed by atoms with Crippen LogP contribution in [-0.2, 0) is 17.5 Å². The molecule has 0 amide bonds. The largest absolute Gasteiger partial charge is 0.497 e. The van der Waals surface area contributed by atoms with Gasteiger partial charge < -0.3 is 19.7 Å². The van der Waals surface area contributed by atoms with Crippen molar-refractivity contribution < 1.29 is 22.6 Å². The first-order valence-electron chi connectivity index (χ1n) is 9.95. The van der Waals surface area contributed by atoms with Gasteiger partial charge in [-0.25, -0.2) is 0 Å². The number of piperidine rings is 1. The summed E-state index contributed by atoms with van der Waals surface area (Å²) in [7, 11) is 1.38. The Morgan fingerprint density at radius 1 is 1.21 bits per heavy atom. The van der Waals surface area contributed by atoms with Crippen LogP contribution in [0.2, 0.25) is 0 Å². The van der Waals surface area contributed by atoms with Crippen molar-refractivity contribution >= 4 is 5.69 Å². The molecule has 154 valence electrons. The van der Waals surface area contributed by atoms with E-state index in [1.165, 1.54) is 18.9 Å². The lowest BCUT2D eigenvalue weighted by Crippen LogP contribution is -2.44. The summed E-state index contributed by atoms with van der Waals surface area (Å²) in [6.45, 7) is 3.71. The Balaban J connectivity index is 1.69. The molecule has 1 saturated heterocycles. The van der Waals surface area contributed by atoms with Gasteiger partial charge in [0.25, 0.3) is 0 Å². The van der Waals surface area contributed by atoms with Gasteiger partial charge >= 0.3 is 6.18 Å². The molecule has 0 spiro atoms. The van der Waals surface area contributed by atoms with E-state index in [4.69, 9.17) is 9.47 Å². The lowest BCUT2D eigenvalue weighted by molar-refractivity contribution is -0.137. The van der Waals surface area contributed by atoms with Crippen molar-refractivity contribution in [1.82, 2.24) is 5.32 Å². The topological polar surface area (TPSA) is 33.7 Å². The second-order valence-electron chi connectivity index (χ2n) is 7.90. The zero-order chi connectivity index (χ0) is 20.2. The van der Waals surface area contributed by atoms with E-state index in [0.29, 0.717) is 30.7 Å². The average Bonchev–Trinajstić information content (AvgIpc) is 2.88. The second-order valence-corrected chi connectivity index (χ2v) is 7.90. The van der Waals surface area contributed by atoms with Crippen LogP contribution in [0, 0.1) is 0 Å². The van der Waals surface area contributed by atoms with E-state index in [2.05, 4.69) is 10.2 Å². The highest BCUT2D eigenvalue weighted by Gasteiger charge is 2.42. The Morgan fingerprint density at radius 2 is 2.07 bits per heavy atom. The van der Waals surface area contributed by atoms with Crippen LogP contribution in [0.4, 0.5) is 18.9 Å². The predicted molar refractivity (Wildman–Crippen MR) is 104 cm³/mol.